The van der Waals surface area contributed by atoms with Crippen LogP contribution in [0.1, 0.15) is 96.8 Å². The molecule has 144 valence electrons. The number of nitrogens with zero attached hydrogens (tertiary/aromatic N) is 1. The summed E-state index contributed by atoms with van der Waals surface area (Å²) in [5.41, 5.74) is 0. The van der Waals surface area contributed by atoms with Crippen LogP contribution in [0.5, 0.6) is 0 Å². The van der Waals surface area contributed by atoms with Gasteiger partial charge >= 0.3 is 0 Å². The molecule has 0 fully saturated rings. The third-order valence-corrected chi connectivity index (χ3v) is 4.56. The number of unbranched alkanes of at least 4 members (excludes halogenated alkanes) is 13. The predicted molar refractivity (Wildman–Crippen MR) is 105 cm³/mol. The molecule has 0 unspecified atom stereocenters. The predicted octanol–water partition coefficient (Wildman–Crippen LogP) is 5.27. The molecule has 0 radical (unpaired) electrons. The molecule has 24 heavy (non-hydrogen) atoms. The molecule has 0 spiro atoms. The molecular weight excluding hydrogens is 298 g/mol. The van der Waals surface area contributed by atoms with E-state index in [9.17, 15) is 0 Å². The van der Waals surface area contributed by atoms with Crippen molar-refractivity contribution >= 4 is 0 Å². The first kappa shape index (κ1) is 23.5. The van der Waals surface area contributed by atoms with Gasteiger partial charge in [-0.15, -0.1) is 0 Å². The van der Waals surface area contributed by atoms with Crippen LogP contribution in [-0.2, 0) is 0 Å². The second-order valence-corrected chi connectivity index (χ2v) is 6.90. The largest absolute Gasteiger partial charge is 0.395 e. The van der Waals surface area contributed by atoms with E-state index in [0.29, 0.717) is 13.1 Å². The zero-order valence-electron chi connectivity index (χ0n) is 16.2. The number of hydrogen-bond acceptors (Lipinski definition) is 3. The van der Waals surface area contributed by atoms with Gasteiger partial charge < -0.3 is 15.1 Å². The molecule has 0 amide bonds. The average molecular weight is 342 g/mol. The topological polar surface area (TPSA) is 43.7 Å². The maximum Gasteiger partial charge on any atom is 0.0606 e. The van der Waals surface area contributed by atoms with Gasteiger partial charge in [-0.2, -0.15) is 0 Å². The lowest BCUT2D eigenvalue weighted by Gasteiger charge is -2.17. The average Bonchev–Trinajstić information content (AvgIpc) is 2.58. The summed E-state index contributed by atoms with van der Waals surface area (Å²) in [7, 11) is 0. The quantitative estimate of drug-likeness (QED) is 0.315. The van der Waals surface area contributed by atoms with Crippen molar-refractivity contribution in [1.82, 2.24) is 4.90 Å². The van der Waals surface area contributed by atoms with Crippen LogP contribution in [0.3, 0.4) is 0 Å². The molecule has 0 atom stereocenters. The standard InChI is InChI=1S/C21H43NO2/c1-2-3-4-5-6-7-8-9-10-11-12-13-14-15-16-17-22(18-20-23)19-21-24/h16-17,23-24H,2-15,18-21H2,1H3/b17-16+. The summed E-state index contributed by atoms with van der Waals surface area (Å²) in [5, 5.41) is 17.9. The van der Waals surface area contributed by atoms with Crippen molar-refractivity contribution in [3.63, 3.8) is 0 Å². The maximum absolute atomic E-state index is 8.93. The highest BCUT2D eigenvalue weighted by Crippen LogP contribution is 2.13. The van der Waals surface area contributed by atoms with Gasteiger partial charge in [0.15, 0.2) is 0 Å². The van der Waals surface area contributed by atoms with Crippen LogP contribution in [0.15, 0.2) is 12.3 Å². The molecule has 0 bridgehead atoms. The number of hydrogen-bond donors (Lipinski definition) is 2. The third kappa shape index (κ3) is 17.8. The van der Waals surface area contributed by atoms with Crippen LogP contribution in [0.4, 0.5) is 0 Å². The monoisotopic (exact) mass is 341 g/mol. The number of aliphatic hydroxyl groups is 2. The van der Waals surface area contributed by atoms with Gasteiger partial charge in [0.1, 0.15) is 0 Å². The lowest BCUT2D eigenvalue weighted by atomic mass is 10.0. The lowest BCUT2D eigenvalue weighted by molar-refractivity contribution is 0.198. The zero-order chi connectivity index (χ0) is 17.7. The number of aliphatic hydroxyl groups excluding tert-OH is 2. The fraction of sp³-hybridized carbons (Fsp3) is 0.905. The number of allylic oxidation sites excluding steroid dienone is 1. The van der Waals surface area contributed by atoms with Crippen molar-refractivity contribution in [2.24, 2.45) is 0 Å². The van der Waals surface area contributed by atoms with E-state index in [1.165, 1.54) is 83.5 Å². The van der Waals surface area contributed by atoms with Crippen molar-refractivity contribution in [2.45, 2.75) is 96.8 Å². The van der Waals surface area contributed by atoms with E-state index < -0.39 is 0 Å². The van der Waals surface area contributed by atoms with Gasteiger partial charge in [0.25, 0.3) is 0 Å². The molecule has 0 aromatic carbocycles. The molecule has 0 saturated heterocycles. The van der Waals surface area contributed by atoms with Gasteiger partial charge in [0.05, 0.1) is 13.2 Å². The highest BCUT2D eigenvalue weighted by atomic mass is 16.3. The Balaban J connectivity index is 3.24. The first-order chi connectivity index (χ1) is 11.8. The van der Waals surface area contributed by atoms with Gasteiger partial charge in [0, 0.05) is 13.1 Å². The van der Waals surface area contributed by atoms with Crippen molar-refractivity contribution in [3.8, 4) is 0 Å². The van der Waals surface area contributed by atoms with Crippen LogP contribution in [0, 0.1) is 0 Å². The Morgan fingerprint density at radius 2 is 1.04 bits per heavy atom. The van der Waals surface area contributed by atoms with Gasteiger partial charge in [-0.05, 0) is 19.0 Å². The Bertz CT molecular complexity index is 250. The first-order valence-electron chi connectivity index (χ1n) is 10.5. The molecule has 3 nitrogen and oxygen atoms in total. The Morgan fingerprint density at radius 3 is 1.46 bits per heavy atom. The summed E-state index contributed by atoms with van der Waals surface area (Å²) in [6.45, 7) is 3.77. The van der Waals surface area contributed by atoms with E-state index in [1.54, 1.807) is 0 Å². The molecule has 0 aliphatic rings. The Labute approximate surface area is 151 Å². The smallest absolute Gasteiger partial charge is 0.0606 e. The molecule has 2 N–H and O–H groups in total. The van der Waals surface area contributed by atoms with Crippen LogP contribution < -0.4 is 0 Å². The first-order valence-corrected chi connectivity index (χ1v) is 10.5. The molecule has 3 heteroatoms. The molecule has 0 rings (SSSR count). The van der Waals surface area contributed by atoms with E-state index in [1.807, 2.05) is 11.1 Å². The molecule has 0 aromatic heterocycles. The Hall–Kier alpha value is -0.540. The SMILES string of the molecule is CCCCCCCCCCCCCCC/C=C/N(CCO)CCO. The van der Waals surface area contributed by atoms with Crippen LogP contribution in [0.25, 0.3) is 0 Å². The minimum absolute atomic E-state index is 0.142. The Kier molecular flexibility index (Phi) is 20.0. The van der Waals surface area contributed by atoms with Gasteiger partial charge in [-0.25, -0.2) is 0 Å². The molecular formula is C21H43NO2. The van der Waals surface area contributed by atoms with Crippen LogP contribution in [0.2, 0.25) is 0 Å². The van der Waals surface area contributed by atoms with Crippen molar-refractivity contribution < 1.29 is 10.2 Å². The fourth-order valence-corrected chi connectivity index (χ4v) is 3.02. The minimum Gasteiger partial charge on any atom is -0.395 e. The third-order valence-electron chi connectivity index (χ3n) is 4.56. The molecule has 0 saturated carbocycles. The Morgan fingerprint density at radius 1 is 0.625 bits per heavy atom. The molecule has 0 aliphatic heterocycles. The van der Waals surface area contributed by atoms with Crippen molar-refractivity contribution in [1.29, 1.82) is 0 Å². The zero-order valence-corrected chi connectivity index (χ0v) is 16.2. The van der Waals surface area contributed by atoms with Crippen molar-refractivity contribution in [3.05, 3.63) is 12.3 Å². The highest BCUT2D eigenvalue weighted by Gasteiger charge is 1.96. The summed E-state index contributed by atoms with van der Waals surface area (Å²) in [6, 6.07) is 0. The van der Waals surface area contributed by atoms with E-state index in [0.717, 1.165) is 6.42 Å². The minimum atomic E-state index is 0.142. The van der Waals surface area contributed by atoms with E-state index in [4.69, 9.17) is 10.2 Å². The molecule has 0 heterocycles. The van der Waals surface area contributed by atoms with Crippen LogP contribution in [-0.4, -0.2) is 41.4 Å². The number of rotatable bonds is 19. The summed E-state index contributed by atoms with van der Waals surface area (Å²) < 4.78 is 0. The summed E-state index contributed by atoms with van der Waals surface area (Å²) >= 11 is 0. The highest BCUT2D eigenvalue weighted by molar-refractivity contribution is 4.82. The van der Waals surface area contributed by atoms with Gasteiger partial charge in [0.2, 0.25) is 0 Å². The fourth-order valence-electron chi connectivity index (χ4n) is 3.02. The van der Waals surface area contributed by atoms with E-state index in [2.05, 4.69) is 13.0 Å². The van der Waals surface area contributed by atoms with Crippen LogP contribution >= 0.6 is 0 Å². The van der Waals surface area contributed by atoms with Gasteiger partial charge in [-0.1, -0.05) is 90.0 Å². The summed E-state index contributed by atoms with van der Waals surface area (Å²) in [5.74, 6) is 0. The van der Waals surface area contributed by atoms with Crippen molar-refractivity contribution in [2.75, 3.05) is 26.3 Å². The molecule has 0 aliphatic carbocycles. The van der Waals surface area contributed by atoms with Gasteiger partial charge in [-0.3, -0.25) is 0 Å². The molecule has 0 aromatic rings. The second-order valence-electron chi connectivity index (χ2n) is 6.90. The summed E-state index contributed by atoms with van der Waals surface area (Å²) in [4.78, 5) is 1.97. The normalized spacial score (nSPS) is 11.5. The van der Waals surface area contributed by atoms with E-state index >= 15 is 0 Å². The van der Waals surface area contributed by atoms with E-state index in [-0.39, 0.29) is 13.2 Å². The second kappa shape index (κ2) is 20.5. The maximum atomic E-state index is 8.93. The lowest BCUT2D eigenvalue weighted by Crippen LogP contribution is -2.24. The summed E-state index contributed by atoms with van der Waals surface area (Å²) in [6.07, 6.45) is 23.4.